The van der Waals surface area contributed by atoms with E-state index in [2.05, 4.69) is 4.99 Å². The molecule has 0 aliphatic carbocycles. The maximum absolute atomic E-state index is 11.4. The Kier molecular flexibility index (Phi) is 1.92. The summed E-state index contributed by atoms with van der Waals surface area (Å²) < 4.78 is 1.61. The summed E-state index contributed by atoms with van der Waals surface area (Å²) in [6.45, 7) is 1.95. The number of hydrogen-bond donors (Lipinski definition) is 1. The highest BCUT2D eigenvalue weighted by atomic mass is 16.3. The molecule has 1 aromatic heterocycles. The highest BCUT2D eigenvalue weighted by molar-refractivity contribution is 6.14. The van der Waals surface area contributed by atoms with E-state index in [0.29, 0.717) is 11.1 Å². The van der Waals surface area contributed by atoms with Gasteiger partial charge in [-0.1, -0.05) is 18.2 Å². The van der Waals surface area contributed by atoms with Crippen LogP contribution < -0.4 is 0 Å². The minimum atomic E-state index is -0.303. The largest absolute Gasteiger partial charge is 0.494 e. The first-order valence-corrected chi connectivity index (χ1v) is 5.27. The van der Waals surface area contributed by atoms with E-state index in [9.17, 15) is 9.90 Å². The predicted octanol–water partition coefficient (Wildman–Crippen LogP) is 2.06. The summed E-state index contributed by atoms with van der Waals surface area (Å²) in [7, 11) is 0. The SMILES string of the molecule is Cc1ccccc1-n1cc2c(c1O)C=NC2=O. The van der Waals surface area contributed by atoms with Gasteiger partial charge in [-0.2, -0.15) is 0 Å². The van der Waals surface area contributed by atoms with E-state index in [1.54, 1.807) is 10.8 Å². The van der Waals surface area contributed by atoms with E-state index in [-0.39, 0.29) is 11.8 Å². The average Bonchev–Trinajstić information content (AvgIpc) is 2.83. The van der Waals surface area contributed by atoms with Gasteiger partial charge in [0.1, 0.15) is 0 Å². The van der Waals surface area contributed by atoms with E-state index in [0.717, 1.165) is 11.3 Å². The third kappa shape index (κ3) is 1.30. The van der Waals surface area contributed by atoms with E-state index in [1.165, 1.54) is 6.21 Å². The molecule has 2 aromatic rings. The lowest BCUT2D eigenvalue weighted by atomic mass is 10.2. The maximum Gasteiger partial charge on any atom is 0.279 e. The minimum absolute atomic E-state index is 0.0592. The van der Waals surface area contributed by atoms with Gasteiger partial charge in [-0.15, -0.1) is 0 Å². The highest BCUT2D eigenvalue weighted by Gasteiger charge is 2.24. The second-order valence-corrected chi connectivity index (χ2v) is 4.00. The third-order valence-corrected chi connectivity index (χ3v) is 2.93. The lowest BCUT2D eigenvalue weighted by Gasteiger charge is -2.08. The summed E-state index contributed by atoms with van der Waals surface area (Å²) in [5.41, 5.74) is 2.84. The Labute approximate surface area is 97.8 Å². The lowest BCUT2D eigenvalue weighted by Crippen LogP contribution is -1.95. The number of carbonyl (C=O) groups excluding carboxylic acids is 1. The normalized spacial score (nSPS) is 13.1. The van der Waals surface area contributed by atoms with Crippen molar-refractivity contribution in [2.75, 3.05) is 0 Å². The van der Waals surface area contributed by atoms with Gasteiger partial charge in [0.25, 0.3) is 5.91 Å². The zero-order chi connectivity index (χ0) is 12.0. The van der Waals surface area contributed by atoms with Gasteiger partial charge in [-0.05, 0) is 18.6 Å². The summed E-state index contributed by atoms with van der Waals surface area (Å²) in [5.74, 6) is -0.244. The van der Waals surface area contributed by atoms with Gasteiger partial charge in [-0.3, -0.25) is 9.36 Å². The van der Waals surface area contributed by atoms with Crippen molar-refractivity contribution in [1.82, 2.24) is 4.57 Å². The van der Waals surface area contributed by atoms with Crippen LogP contribution >= 0.6 is 0 Å². The first kappa shape index (κ1) is 9.84. The van der Waals surface area contributed by atoms with Crippen LogP contribution in [0, 0.1) is 6.92 Å². The standard InChI is InChI=1S/C13H10N2O2/c1-8-4-2-3-5-11(8)15-7-10-9(13(15)17)6-14-12(10)16/h2-7,17H,1H3. The average molecular weight is 226 g/mol. The number of hydrogen-bond acceptors (Lipinski definition) is 2. The molecule has 0 spiro atoms. The Morgan fingerprint density at radius 1 is 1.29 bits per heavy atom. The number of aryl methyl sites for hydroxylation is 1. The highest BCUT2D eigenvalue weighted by Crippen LogP contribution is 2.30. The molecule has 4 nitrogen and oxygen atoms in total. The van der Waals surface area contributed by atoms with E-state index >= 15 is 0 Å². The number of carbonyl (C=O) groups is 1. The predicted molar refractivity (Wildman–Crippen MR) is 64.1 cm³/mol. The smallest absolute Gasteiger partial charge is 0.279 e. The summed E-state index contributed by atoms with van der Waals surface area (Å²) in [6, 6.07) is 7.67. The molecule has 2 heterocycles. The van der Waals surface area contributed by atoms with Crippen LogP contribution in [0.25, 0.3) is 5.69 Å². The molecule has 1 amide bonds. The summed E-state index contributed by atoms with van der Waals surface area (Å²) in [6.07, 6.45) is 3.03. The van der Waals surface area contributed by atoms with Crippen LogP contribution in [0.1, 0.15) is 21.5 Å². The molecule has 0 fully saturated rings. The van der Waals surface area contributed by atoms with Crippen molar-refractivity contribution in [3.8, 4) is 11.6 Å². The fourth-order valence-corrected chi connectivity index (χ4v) is 2.02. The molecule has 1 aliphatic heterocycles. The lowest BCUT2D eigenvalue weighted by molar-refractivity contribution is 0.101. The third-order valence-electron chi connectivity index (χ3n) is 2.93. The van der Waals surface area contributed by atoms with Gasteiger partial charge in [0.2, 0.25) is 5.88 Å². The van der Waals surface area contributed by atoms with Gasteiger partial charge in [0.05, 0.1) is 16.8 Å². The van der Waals surface area contributed by atoms with Crippen LogP contribution in [0.4, 0.5) is 0 Å². The minimum Gasteiger partial charge on any atom is -0.494 e. The van der Waals surface area contributed by atoms with E-state index in [4.69, 9.17) is 0 Å². The van der Waals surface area contributed by atoms with Gasteiger partial charge >= 0.3 is 0 Å². The van der Waals surface area contributed by atoms with E-state index < -0.39 is 0 Å². The van der Waals surface area contributed by atoms with Crippen molar-refractivity contribution < 1.29 is 9.90 Å². The zero-order valence-electron chi connectivity index (χ0n) is 9.21. The molecule has 17 heavy (non-hydrogen) atoms. The molecule has 0 saturated carbocycles. The Bertz CT molecular complexity index is 653. The fourth-order valence-electron chi connectivity index (χ4n) is 2.02. The molecule has 0 radical (unpaired) electrons. The van der Waals surface area contributed by atoms with Crippen LogP contribution in [-0.2, 0) is 0 Å². The van der Waals surface area contributed by atoms with Crippen molar-refractivity contribution >= 4 is 12.1 Å². The number of nitrogens with zero attached hydrogens (tertiary/aromatic N) is 2. The number of benzene rings is 1. The molecule has 0 unspecified atom stereocenters. The Hall–Kier alpha value is -2.36. The van der Waals surface area contributed by atoms with Crippen LogP contribution in [-0.4, -0.2) is 21.8 Å². The van der Waals surface area contributed by atoms with Gasteiger partial charge in [0, 0.05) is 12.4 Å². The van der Waals surface area contributed by atoms with Gasteiger partial charge in [-0.25, -0.2) is 4.99 Å². The Morgan fingerprint density at radius 3 is 2.76 bits per heavy atom. The van der Waals surface area contributed by atoms with Crippen LogP contribution in [0.2, 0.25) is 0 Å². The van der Waals surface area contributed by atoms with Crippen LogP contribution in [0.3, 0.4) is 0 Å². The topological polar surface area (TPSA) is 54.6 Å². The summed E-state index contributed by atoms with van der Waals surface area (Å²) in [5, 5.41) is 10.1. The molecular weight excluding hydrogens is 216 g/mol. The molecule has 4 heteroatoms. The molecule has 0 saturated heterocycles. The quantitative estimate of drug-likeness (QED) is 0.809. The molecule has 84 valence electrons. The van der Waals surface area contributed by atoms with Gasteiger partial charge < -0.3 is 5.11 Å². The molecule has 0 bridgehead atoms. The summed E-state index contributed by atoms with van der Waals surface area (Å²) >= 11 is 0. The number of aliphatic imine (C=N–C) groups is 1. The van der Waals surface area contributed by atoms with Crippen molar-refractivity contribution in [1.29, 1.82) is 0 Å². The fraction of sp³-hybridized carbons (Fsp3) is 0.0769. The molecule has 3 rings (SSSR count). The Balaban J connectivity index is 2.25. The Morgan fingerprint density at radius 2 is 2.06 bits per heavy atom. The van der Waals surface area contributed by atoms with Crippen molar-refractivity contribution in [3.63, 3.8) is 0 Å². The van der Waals surface area contributed by atoms with Crippen molar-refractivity contribution in [3.05, 3.63) is 47.2 Å². The van der Waals surface area contributed by atoms with Crippen LogP contribution in [0.5, 0.6) is 5.88 Å². The number of rotatable bonds is 1. The van der Waals surface area contributed by atoms with Crippen molar-refractivity contribution in [2.24, 2.45) is 4.99 Å². The molecule has 0 atom stereocenters. The first-order chi connectivity index (χ1) is 8.18. The number of amides is 1. The monoisotopic (exact) mass is 226 g/mol. The zero-order valence-corrected chi connectivity index (χ0v) is 9.21. The number of fused-ring (bicyclic) bond motifs is 1. The molecular formula is C13H10N2O2. The molecule has 1 N–H and O–H groups in total. The second-order valence-electron chi connectivity index (χ2n) is 4.00. The maximum atomic E-state index is 11.4. The number of aromatic nitrogens is 1. The first-order valence-electron chi connectivity index (χ1n) is 5.27. The van der Waals surface area contributed by atoms with Crippen molar-refractivity contribution in [2.45, 2.75) is 6.92 Å². The number of para-hydroxylation sites is 1. The summed E-state index contributed by atoms with van der Waals surface area (Å²) in [4.78, 5) is 15.1. The second kappa shape index (κ2) is 3.31. The van der Waals surface area contributed by atoms with E-state index in [1.807, 2.05) is 31.2 Å². The molecule has 1 aliphatic rings. The van der Waals surface area contributed by atoms with Crippen LogP contribution in [0.15, 0.2) is 35.5 Å². The number of aromatic hydroxyl groups is 1. The van der Waals surface area contributed by atoms with Gasteiger partial charge in [0.15, 0.2) is 0 Å². The molecule has 1 aromatic carbocycles.